The number of nitrogens with zero attached hydrogens (tertiary/aromatic N) is 1. The minimum absolute atomic E-state index is 0.104. The number of ether oxygens (including phenoxy) is 1. The molecule has 0 aliphatic carbocycles. The van der Waals surface area contributed by atoms with E-state index in [2.05, 4.69) is 5.16 Å². The molecule has 106 valence electrons. The number of benzene rings is 1. The van der Waals surface area contributed by atoms with E-state index in [1.54, 1.807) is 20.8 Å². The smallest absolute Gasteiger partial charge is 0.416 e. The van der Waals surface area contributed by atoms with Crippen molar-refractivity contribution in [3.05, 3.63) is 29.3 Å². The van der Waals surface area contributed by atoms with Crippen LogP contribution in [0.4, 0.5) is 13.2 Å². The molecule has 0 unspecified atom stereocenters. The summed E-state index contributed by atoms with van der Waals surface area (Å²) in [7, 11) is 0. The number of hydrogen-bond acceptors (Lipinski definition) is 3. The van der Waals surface area contributed by atoms with Crippen molar-refractivity contribution in [3.63, 3.8) is 0 Å². The lowest BCUT2D eigenvalue weighted by molar-refractivity contribution is -0.137. The Morgan fingerprint density at radius 3 is 2.26 bits per heavy atom. The molecule has 7 heteroatoms. The number of amidine groups is 1. The molecule has 1 aromatic rings. The van der Waals surface area contributed by atoms with E-state index in [0.29, 0.717) is 0 Å². The van der Waals surface area contributed by atoms with E-state index in [4.69, 9.17) is 15.7 Å². The molecule has 0 saturated heterocycles. The predicted octanol–water partition coefficient (Wildman–Crippen LogP) is 2.98. The van der Waals surface area contributed by atoms with Gasteiger partial charge in [0.25, 0.3) is 0 Å². The van der Waals surface area contributed by atoms with Crippen LogP contribution >= 0.6 is 0 Å². The molecule has 0 aromatic heterocycles. The molecule has 0 saturated carbocycles. The van der Waals surface area contributed by atoms with Gasteiger partial charge >= 0.3 is 6.18 Å². The molecule has 0 radical (unpaired) electrons. The van der Waals surface area contributed by atoms with Crippen molar-refractivity contribution in [2.45, 2.75) is 32.5 Å². The first kappa shape index (κ1) is 15.1. The van der Waals surface area contributed by atoms with E-state index in [1.165, 1.54) is 0 Å². The van der Waals surface area contributed by atoms with Crippen LogP contribution in [-0.4, -0.2) is 16.6 Å². The summed E-state index contributed by atoms with van der Waals surface area (Å²) in [6.07, 6.45) is -4.51. The van der Waals surface area contributed by atoms with Gasteiger partial charge in [-0.3, -0.25) is 0 Å². The summed E-state index contributed by atoms with van der Waals surface area (Å²) in [6, 6.07) is 2.83. The molecule has 0 heterocycles. The van der Waals surface area contributed by atoms with Crippen molar-refractivity contribution >= 4 is 5.84 Å². The van der Waals surface area contributed by atoms with Crippen LogP contribution in [0.5, 0.6) is 5.75 Å². The van der Waals surface area contributed by atoms with Crippen LogP contribution < -0.4 is 10.5 Å². The molecule has 0 bridgehead atoms. The highest BCUT2D eigenvalue weighted by Gasteiger charge is 2.32. The van der Waals surface area contributed by atoms with Gasteiger partial charge in [-0.15, -0.1) is 0 Å². The van der Waals surface area contributed by atoms with Crippen LogP contribution in [0, 0.1) is 0 Å². The number of rotatable bonds is 2. The third-order valence-corrected chi connectivity index (χ3v) is 2.11. The summed E-state index contributed by atoms with van der Waals surface area (Å²) in [5, 5.41) is 11.4. The van der Waals surface area contributed by atoms with Gasteiger partial charge < -0.3 is 15.7 Å². The lowest BCUT2D eigenvalue weighted by Crippen LogP contribution is -2.25. The highest BCUT2D eigenvalue weighted by atomic mass is 19.4. The van der Waals surface area contributed by atoms with Gasteiger partial charge in [-0.1, -0.05) is 5.16 Å². The van der Waals surface area contributed by atoms with Gasteiger partial charge in [0.2, 0.25) is 0 Å². The van der Waals surface area contributed by atoms with Crippen LogP contribution in [0.15, 0.2) is 23.4 Å². The van der Waals surface area contributed by atoms with Gasteiger partial charge in [0.1, 0.15) is 11.4 Å². The Morgan fingerprint density at radius 1 is 1.26 bits per heavy atom. The van der Waals surface area contributed by atoms with E-state index in [9.17, 15) is 13.2 Å². The van der Waals surface area contributed by atoms with Crippen molar-refractivity contribution in [1.82, 2.24) is 0 Å². The molecule has 0 fully saturated rings. The summed E-state index contributed by atoms with van der Waals surface area (Å²) in [6.45, 7) is 5.21. The van der Waals surface area contributed by atoms with Gasteiger partial charge in [-0.25, -0.2) is 0 Å². The van der Waals surface area contributed by atoms with Crippen molar-refractivity contribution in [1.29, 1.82) is 0 Å². The number of hydrogen-bond donors (Lipinski definition) is 2. The molecule has 4 nitrogen and oxygen atoms in total. The largest absolute Gasteiger partial charge is 0.487 e. The second-order valence-electron chi connectivity index (χ2n) is 4.91. The summed E-state index contributed by atoms with van der Waals surface area (Å²) >= 11 is 0. The first-order valence-corrected chi connectivity index (χ1v) is 5.43. The van der Waals surface area contributed by atoms with Crippen LogP contribution in [0.25, 0.3) is 0 Å². The average molecular weight is 276 g/mol. The van der Waals surface area contributed by atoms with Crippen LogP contribution in [-0.2, 0) is 6.18 Å². The van der Waals surface area contributed by atoms with Gasteiger partial charge in [-0.05, 0) is 39.0 Å². The van der Waals surface area contributed by atoms with Crippen molar-refractivity contribution in [2.75, 3.05) is 0 Å². The minimum atomic E-state index is -4.51. The highest BCUT2D eigenvalue weighted by Crippen LogP contribution is 2.33. The Hall–Kier alpha value is -1.92. The lowest BCUT2D eigenvalue weighted by atomic mass is 10.1. The molecule has 0 atom stereocenters. The maximum atomic E-state index is 12.6. The Kier molecular flexibility index (Phi) is 3.97. The number of oxime groups is 1. The maximum absolute atomic E-state index is 12.6. The quantitative estimate of drug-likeness (QED) is 0.377. The topological polar surface area (TPSA) is 67.8 Å². The monoisotopic (exact) mass is 276 g/mol. The summed E-state index contributed by atoms with van der Waals surface area (Å²) < 4.78 is 43.3. The zero-order chi connectivity index (χ0) is 14.8. The molecular weight excluding hydrogens is 261 g/mol. The molecule has 3 N–H and O–H groups in total. The predicted molar refractivity (Wildman–Crippen MR) is 64.3 cm³/mol. The second kappa shape index (κ2) is 4.99. The summed E-state index contributed by atoms with van der Waals surface area (Å²) in [5.74, 6) is -0.318. The van der Waals surface area contributed by atoms with E-state index < -0.39 is 23.2 Å². The van der Waals surface area contributed by atoms with Gasteiger partial charge in [0, 0.05) is 0 Å². The lowest BCUT2D eigenvalue weighted by Gasteiger charge is -2.23. The van der Waals surface area contributed by atoms with Crippen molar-refractivity contribution < 1.29 is 23.1 Å². The Balaban J connectivity index is 3.33. The normalized spacial score (nSPS) is 13.5. The van der Waals surface area contributed by atoms with E-state index in [0.717, 1.165) is 18.2 Å². The van der Waals surface area contributed by atoms with Crippen LogP contribution in [0.1, 0.15) is 31.9 Å². The first-order chi connectivity index (χ1) is 8.54. The maximum Gasteiger partial charge on any atom is 0.416 e. The number of alkyl halides is 3. The molecule has 1 rings (SSSR count). The van der Waals surface area contributed by atoms with Crippen LogP contribution in [0.3, 0.4) is 0 Å². The Bertz CT molecular complexity index is 491. The molecular formula is C12H15F3N2O2. The molecule has 0 aliphatic rings. The third kappa shape index (κ3) is 4.04. The zero-order valence-electron chi connectivity index (χ0n) is 10.7. The molecule has 19 heavy (non-hydrogen) atoms. The average Bonchev–Trinajstić information content (AvgIpc) is 2.25. The highest BCUT2D eigenvalue weighted by molar-refractivity contribution is 5.99. The number of nitrogens with two attached hydrogens (primary N) is 1. The molecule has 0 spiro atoms. The molecule has 0 amide bonds. The first-order valence-electron chi connectivity index (χ1n) is 5.43. The van der Waals surface area contributed by atoms with Crippen LogP contribution in [0.2, 0.25) is 0 Å². The Labute approximate surface area is 108 Å². The third-order valence-electron chi connectivity index (χ3n) is 2.11. The minimum Gasteiger partial charge on any atom is -0.487 e. The van der Waals surface area contributed by atoms with E-state index in [1.807, 2.05) is 0 Å². The Morgan fingerprint density at radius 2 is 1.84 bits per heavy atom. The standard InChI is InChI=1S/C12H15F3N2O2/c1-11(2,3)19-9-5-4-7(12(13,14)15)6-8(9)10(16)17-18/h4-6,18H,1-3H3,(H2,16,17). The summed E-state index contributed by atoms with van der Waals surface area (Å²) in [5.41, 5.74) is 3.76. The summed E-state index contributed by atoms with van der Waals surface area (Å²) in [4.78, 5) is 0. The fraction of sp³-hybridized carbons (Fsp3) is 0.417. The number of halogens is 3. The van der Waals surface area contributed by atoms with Gasteiger partial charge in [0.15, 0.2) is 5.84 Å². The molecule has 1 aromatic carbocycles. The van der Waals surface area contributed by atoms with E-state index in [-0.39, 0.29) is 11.3 Å². The van der Waals surface area contributed by atoms with Crippen molar-refractivity contribution in [3.8, 4) is 5.75 Å². The molecule has 0 aliphatic heterocycles. The van der Waals surface area contributed by atoms with Gasteiger partial charge in [-0.2, -0.15) is 13.2 Å². The SMILES string of the molecule is CC(C)(C)Oc1ccc(C(F)(F)F)cc1/C(N)=N/O. The zero-order valence-corrected chi connectivity index (χ0v) is 10.7. The van der Waals surface area contributed by atoms with Crippen molar-refractivity contribution in [2.24, 2.45) is 10.9 Å². The van der Waals surface area contributed by atoms with E-state index >= 15 is 0 Å². The fourth-order valence-corrected chi connectivity index (χ4v) is 1.38. The second-order valence-corrected chi connectivity index (χ2v) is 4.91. The van der Waals surface area contributed by atoms with Gasteiger partial charge in [0.05, 0.1) is 11.1 Å². The fourth-order valence-electron chi connectivity index (χ4n) is 1.38.